The van der Waals surface area contributed by atoms with Crippen LogP contribution in [0.5, 0.6) is 11.5 Å². The molecule has 0 spiro atoms. The predicted octanol–water partition coefficient (Wildman–Crippen LogP) is 2.98. The van der Waals surface area contributed by atoms with E-state index < -0.39 is 17.9 Å². The molecule has 1 aromatic rings. The second-order valence-electron chi connectivity index (χ2n) is 5.89. The zero-order valence-corrected chi connectivity index (χ0v) is 18.0. The van der Waals surface area contributed by atoms with Crippen LogP contribution in [0.1, 0.15) is 32.3 Å². The highest BCUT2D eigenvalue weighted by Crippen LogP contribution is 2.43. The molecule has 1 unspecified atom stereocenters. The standard InChI is InChI=1S/C19H22INO6/c1-6-27-19(24)16-10(3)21-9(2)15(18(23)26-5)17(16)11-7-14(25-4)13(22)8-12(11)20/h7-8,17,21-22H,6H2,1-5H3. The number of rotatable bonds is 5. The Morgan fingerprint density at radius 1 is 1.15 bits per heavy atom. The van der Waals surface area contributed by atoms with Gasteiger partial charge in [-0.3, -0.25) is 0 Å². The molecule has 0 fully saturated rings. The molecule has 0 amide bonds. The van der Waals surface area contributed by atoms with Crippen LogP contribution in [0.3, 0.4) is 0 Å². The number of hydrogen-bond donors (Lipinski definition) is 2. The lowest BCUT2D eigenvalue weighted by Crippen LogP contribution is -2.32. The fraction of sp³-hybridized carbons (Fsp3) is 0.368. The lowest BCUT2D eigenvalue weighted by Gasteiger charge is -2.31. The van der Waals surface area contributed by atoms with Gasteiger partial charge in [-0.05, 0) is 61.1 Å². The lowest BCUT2D eigenvalue weighted by atomic mass is 9.80. The second kappa shape index (κ2) is 8.64. The molecule has 1 aromatic carbocycles. The SMILES string of the molecule is CCOC(=O)C1=C(C)NC(C)=C(C(=O)OC)C1c1cc(OC)c(O)cc1I. The summed E-state index contributed by atoms with van der Waals surface area (Å²) < 4.78 is 16.1. The van der Waals surface area contributed by atoms with Gasteiger partial charge in [-0.25, -0.2) is 9.59 Å². The summed E-state index contributed by atoms with van der Waals surface area (Å²) in [6, 6.07) is 3.15. The maximum Gasteiger partial charge on any atom is 0.336 e. The van der Waals surface area contributed by atoms with E-state index in [1.807, 2.05) is 0 Å². The molecule has 7 nitrogen and oxygen atoms in total. The number of allylic oxidation sites excluding steroid dienone is 2. The van der Waals surface area contributed by atoms with Gasteiger partial charge in [0.1, 0.15) is 0 Å². The Labute approximate surface area is 171 Å². The highest BCUT2D eigenvalue weighted by Gasteiger charge is 2.39. The third-order valence-electron chi connectivity index (χ3n) is 4.27. The quantitative estimate of drug-likeness (QED) is 0.487. The van der Waals surface area contributed by atoms with Crippen molar-refractivity contribution in [3.8, 4) is 11.5 Å². The first kappa shape index (κ1) is 21.1. The van der Waals surface area contributed by atoms with Crippen molar-refractivity contribution in [2.24, 2.45) is 0 Å². The first-order chi connectivity index (χ1) is 12.8. The summed E-state index contributed by atoms with van der Waals surface area (Å²) in [6.45, 7) is 5.42. The van der Waals surface area contributed by atoms with Crippen LogP contribution in [-0.4, -0.2) is 37.9 Å². The van der Waals surface area contributed by atoms with Crippen LogP contribution in [0.15, 0.2) is 34.7 Å². The largest absolute Gasteiger partial charge is 0.504 e. The number of ether oxygens (including phenoxy) is 3. The third kappa shape index (κ3) is 4.05. The number of halogens is 1. The minimum absolute atomic E-state index is 0.0294. The minimum atomic E-state index is -0.723. The Balaban J connectivity index is 2.78. The lowest BCUT2D eigenvalue weighted by molar-refractivity contribution is -0.139. The smallest absolute Gasteiger partial charge is 0.336 e. The number of carbonyl (C=O) groups is 2. The molecule has 27 heavy (non-hydrogen) atoms. The normalized spacial score (nSPS) is 16.7. The molecule has 2 rings (SSSR count). The molecule has 1 heterocycles. The Hall–Kier alpha value is -2.23. The van der Waals surface area contributed by atoms with Crippen molar-refractivity contribution in [1.29, 1.82) is 0 Å². The minimum Gasteiger partial charge on any atom is -0.504 e. The molecule has 0 saturated heterocycles. The Bertz CT molecular complexity index is 843. The van der Waals surface area contributed by atoms with Crippen molar-refractivity contribution >= 4 is 34.5 Å². The summed E-state index contributed by atoms with van der Waals surface area (Å²) in [6.07, 6.45) is 0. The number of phenolic OH excluding ortho intramolecular Hbond substituents is 1. The summed E-state index contributed by atoms with van der Waals surface area (Å²) in [5, 5.41) is 13.1. The fourth-order valence-electron chi connectivity index (χ4n) is 3.11. The van der Waals surface area contributed by atoms with Crippen molar-refractivity contribution in [3.05, 3.63) is 43.8 Å². The molecular formula is C19H22INO6. The Morgan fingerprint density at radius 3 is 2.26 bits per heavy atom. The molecule has 8 heteroatoms. The molecule has 0 radical (unpaired) electrons. The number of carbonyl (C=O) groups excluding carboxylic acids is 2. The number of benzene rings is 1. The molecule has 2 N–H and O–H groups in total. The van der Waals surface area contributed by atoms with Crippen LogP contribution < -0.4 is 10.1 Å². The first-order valence-electron chi connectivity index (χ1n) is 8.27. The highest BCUT2D eigenvalue weighted by molar-refractivity contribution is 14.1. The summed E-state index contributed by atoms with van der Waals surface area (Å²) in [7, 11) is 2.72. The molecule has 0 aromatic heterocycles. The van der Waals surface area contributed by atoms with E-state index >= 15 is 0 Å². The van der Waals surface area contributed by atoms with E-state index in [-0.39, 0.29) is 18.1 Å². The van der Waals surface area contributed by atoms with Crippen molar-refractivity contribution in [2.45, 2.75) is 26.7 Å². The molecule has 1 atom stereocenters. The predicted molar refractivity (Wildman–Crippen MR) is 107 cm³/mol. The van der Waals surface area contributed by atoms with Gasteiger partial charge in [0.25, 0.3) is 0 Å². The molecule has 1 aliphatic rings. The fourth-order valence-corrected chi connectivity index (χ4v) is 3.87. The number of phenols is 1. The van der Waals surface area contributed by atoms with Crippen molar-refractivity contribution in [3.63, 3.8) is 0 Å². The van der Waals surface area contributed by atoms with E-state index in [1.165, 1.54) is 20.3 Å². The van der Waals surface area contributed by atoms with E-state index in [2.05, 4.69) is 27.9 Å². The Kier molecular flexibility index (Phi) is 6.74. The number of aromatic hydroxyl groups is 1. The van der Waals surface area contributed by atoms with E-state index in [9.17, 15) is 14.7 Å². The van der Waals surface area contributed by atoms with Crippen LogP contribution >= 0.6 is 22.6 Å². The van der Waals surface area contributed by atoms with Gasteiger partial charge >= 0.3 is 11.9 Å². The average molecular weight is 487 g/mol. The summed E-state index contributed by atoms with van der Waals surface area (Å²) >= 11 is 2.05. The van der Waals surface area contributed by atoms with Gasteiger partial charge in [-0.15, -0.1) is 0 Å². The van der Waals surface area contributed by atoms with Crippen molar-refractivity contribution in [1.82, 2.24) is 5.32 Å². The van der Waals surface area contributed by atoms with Crippen molar-refractivity contribution in [2.75, 3.05) is 20.8 Å². The van der Waals surface area contributed by atoms with Crippen LogP contribution in [-0.2, 0) is 19.1 Å². The summed E-state index contributed by atoms with van der Waals surface area (Å²) in [4.78, 5) is 25.3. The molecule has 0 saturated carbocycles. The van der Waals surface area contributed by atoms with Crippen LogP contribution in [0.2, 0.25) is 0 Å². The number of nitrogens with one attached hydrogen (secondary N) is 1. The molecule has 1 aliphatic heterocycles. The maximum atomic E-state index is 12.7. The number of dihydropyridines is 1. The third-order valence-corrected chi connectivity index (χ3v) is 5.20. The number of esters is 2. The van der Waals surface area contributed by atoms with Crippen molar-refractivity contribution < 1.29 is 28.9 Å². The van der Waals surface area contributed by atoms with Gasteiger partial charge in [0, 0.05) is 15.0 Å². The average Bonchev–Trinajstić information content (AvgIpc) is 2.61. The highest BCUT2D eigenvalue weighted by atomic mass is 127. The molecule has 0 bridgehead atoms. The van der Waals surface area contributed by atoms with Crippen LogP contribution in [0.25, 0.3) is 0 Å². The van der Waals surface area contributed by atoms with E-state index in [4.69, 9.17) is 14.2 Å². The van der Waals surface area contributed by atoms with Gasteiger partial charge < -0.3 is 24.6 Å². The summed E-state index contributed by atoms with van der Waals surface area (Å²) in [5.74, 6) is -1.59. The monoisotopic (exact) mass is 487 g/mol. The topological polar surface area (TPSA) is 94.1 Å². The van der Waals surface area contributed by atoms with Crippen LogP contribution in [0, 0.1) is 3.57 Å². The van der Waals surface area contributed by atoms with Crippen LogP contribution in [0.4, 0.5) is 0 Å². The van der Waals surface area contributed by atoms with Gasteiger partial charge in [0.05, 0.1) is 37.9 Å². The molecular weight excluding hydrogens is 465 g/mol. The first-order valence-corrected chi connectivity index (χ1v) is 9.34. The van der Waals surface area contributed by atoms with E-state index in [0.717, 1.165) is 0 Å². The maximum absolute atomic E-state index is 12.7. The molecule has 146 valence electrons. The van der Waals surface area contributed by atoms with E-state index in [0.29, 0.717) is 31.7 Å². The Morgan fingerprint density at radius 2 is 1.74 bits per heavy atom. The number of hydrogen-bond acceptors (Lipinski definition) is 7. The molecule has 0 aliphatic carbocycles. The second-order valence-corrected chi connectivity index (χ2v) is 7.06. The zero-order chi connectivity index (χ0) is 20.3. The van der Waals surface area contributed by atoms with Gasteiger partial charge in [0.15, 0.2) is 11.5 Å². The van der Waals surface area contributed by atoms with Gasteiger partial charge in [0.2, 0.25) is 0 Å². The van der Waals surface area contributed by atoms with E-state index in [1.54, 1.807) is 26.8 Å². The summed E-state index contributed by atoms with van der Waals surface area (Å²) in [5.41, 5.74) is 2.42. The zero-order valence-electron chi connectivity index (χ0n) is 15.8. The number of methoxy groups -OCH3 is 2. The van der Waals surface area contributed by atoms with Gasteiger partial charge in [-0.2, -0.15) is 0 Å². The van der Waals surface area contributed by atoms with Gasteiger partial charge in [-0.1, -0.05) is 0 Å².